The van der Waals surface area contributed by atoms with Gasteiger partial charge in [-0.15, -0.1) is 0 Å². The lowest BCUT2D eigenvalue weighted by Crippen LogP contribution is -2.43. The summed E-state index contributed by atoms with van der Waals surface area (Å²) in [6.07, 6.45) is 69.7. The third-order valence-electron chi connectivity index (χ3n) is 13.3. The van der Waals surface area contributed by atoms with Gasteiger partial charge in [0.25, 0.3) is 0 Å². The van der Waals surface area contributed by atoms with Crippen molar-refractivity contribution in [3.05, 3.63) is 72.9 Å². The number of rotatable bonds is 54. The first-order valence-electron chi connectivity index (χ1n) is 29.5. The average Bonchev–Trinajstić information content (AvgIpc) is 3.33. The SMILES string of the molecule is CCCCC/C=C\C/C=C\CCCCCCCC(O)CNCCN(C)CCN(CC(O)CCCCCCC/C=C\C/C=C\CCCCC)CC(O)CCCCCCC/C=C\C/C=C\CCCCC. The fourth-order valence-corrected chi connectivity index (χ4v) is 8.67. The first-order valence-corrected chi connectivity index (χ1v) is 29.5. The lowest BCUT2D eigenvalue weighted by molar-refractivity contribution is 0.0563. The van der Waals surface area contributed by atoms with Crippen molar-refractivity contribution in [3.63, 3.8) is 0 Å². The van der Waals surface area contributed by atoms with Crippen LogP contribution in [0.4, 0.5) is 0 Å². The van der Waals surface area contributed by atoms with Gasteiger partial charge in [0.05, 0.1) is 18.3 Å². The summed E-state index contributed by atoms with van der Waals surface area (Å²) < 4.78 is 0. The Morgan fingerprint density at radius 2 is 0.662 bits per heavy atom. The maximum atomic E-state index is 11.1. The fraction of sp³-hybridized carbons (Fsp3) is 0.806. The van der Waals surface area contributed by atoms with E-state index in [0.29, 0.717) is 19.6 Å². The quantitative estimate of drug-likeness (QED) is 0.0359. The number of unbranched alkanes of at least 4 members (excludes halogenated alkanes) is 24. The molecule has 0 bridgehead atoms. The van der Waals surface area contributed by atoms with Crippen molar-refractivity contribution in [1.29, 1.82) is 0 Å². The van der Waals surface area contributed by atoms with E-state index in [1.54, 1.807) is 0 Å². The molecule has 0 radical (unpaired) electrons. The molecule has 6 heteroatoms. The van der Waals surface area contributed by atoms with Gasteiger partial charge in [-0.25, -0.2) is 0 Å². The number of aliphatic hydroxyl groups is 3. The van der Waals surface area contributed by atoms with Crippen LogP contribution in [0.15, 0.2) is 72.9 Å². The largest absolute Gasteiger partial charge is 0.392 e. The maximum Gasteiger partial charge on any atom is 0.0667 e. The summed E-state index contributed by atoms with van der Waals surface area (Å²) in [5, 5.41) is 36.3. The van der Waals surface area contributed by atoms with E-state index in [4.69, 9.17) is 0 Å². The smallest absolute Gasteiger partial charge is 0.0667 e. The van der Waals surface area contributed by atoms with E-state index in [9.17, 15) is 15.3 Å². The van der Waals surface area contributed by atoms with Crippen LogP contribution in [0.1, 0.15) is 252 Å². The van der Waals surface area contributed by atoms with E-state index in [2.05, 4.69) is 116 Å². The second-order valence-electron chi connectivity index (χ2n) is 20.3. The molecule has 0 aliphatic heterocycles. The van der Waals surface area contributed by atoms with Gasteiger partial charge >= 0.3 is 0 Å². The number of hydrogen-bond acceptors (Lipinski definition) is 6. The summed E-state index contributed by atoms with van der Waals surface area (Å²) in [6.45, 7) is 12.2. The predicted octanol–water partition coefficient (Wildman–Crippen LogP) is 16.3. The van der Waals surface area contributed by atoms with Gasteiger partial charge in [0, 0.05) is 45.8 Å². The number of allylic oxidation sites excluding steroid dienone is 12. The van der Waals surface area contributed by atoms with Crippen LogP contribution in [0.2, 0.25) is 0 Å². The van der Waals surface area contributed by atoms with Crippen molar-refractivity contribution in [1.82, 2.24) is 15.1 Å². The summed E-state index contributed by atoms with van der Waals surface area (Å²) >= 11 is 0. The van der Waals surface area contributed by atoms with E-state index in [1.165, 1.54) is 173 Å². The Kier molecular flexibility index (Phi) is 54.6. The van der Waals surface area contributed by atoms with Crippen LogP contribution in [0.3, 0.4) is 0 Å². The predicted molar refractivity (Wildman–Crippen MR) is 303 cm³/mol. The maximum absolute atomic E-state index is 11.1. The molecule has 0 aromatic carbocycles. The zero-order valence-corrected chi connectivity index (χ0v) is 45.8. The van der Waals surface area contributed by atoms with E-state index < -0.39 is 0 Å². The Balaban J connectivity index is 4.47. The lowest BCUT2D eigenvalue weighted by atomic mass is 10.1. The zero-order chi connectivity index (χ0) is 49.5. The summed E-state index contributed by atoms with van der Waals surface area (Å²) in [4.78, 5) is 4.65. The Hall–Kier alpha value is -1.80. The van der Waals surface area contributed by atoms with E-state index in [-0.39, 0.29) is 18.3 Å². The molecule has 0 amide bonds. The van der Waals surface area contributed by atoms with Crippen molar-refractivity contribution in [2.45, 2.75) is 270 Å². The average molecular weight is 953 g/mol. The van der Waals surface area contributed by atoms with Crippen molar-refractivity contribution in [2.75, 3.05) is 52.9 Å². The summed E-state index contributed by atoms with van der Waals surface area (Å²) in [5.41, 5.74) is 0. The highest BCUT2D eigenvalue weighted by atomic mass is 16.3. The standard InChI is InChI=1S/C62H117N3O3/c1-5-8-11-14-17-20-23-26-29-32-35-38-41-44-47-50-60(66)57-63-53-54-64(4)55-56-65(58-61(67)51-48-45-42-39-36-33-30-27-24-21-18-15-12-9-6-2)59-62(68)52-49-46-43-40-37-34-31-28-25-22-19-16-13-10-7-3/h17-22,26-31,60-63,66-68H,5-16,23-25,32-59H2,1-4H3/b20-17-,21-18-,22-19-,29-26-,30-27-,31-28-. The third kappa shape index (κ3) is 53.5. The fourth-order valence-electron chi connectivity index (χ4n) is 8.67. The second kappa shape index (κ2) is 56.1. The molecular weight excluding hydrogens is 835 g/mol. The van der Waals surface area contributed by atoms with Crippen LogP contribution in [0, 0.1) is 0 Å². The summed E-state index contributed by atoms with van der Waals surface area (Å²) in [7, 11) is 2.16. The molecule has 3 atom stereocenters. The molecule has 4 N–H and O–H groups in total. The highest BCUT2D eigenvalue weighted by Gasteiger charge is 2.17. The molecule has 6 nitrogen and oxygen atoms in total. The number of aliphatic hydroxyl groups excluding tert-OH is 3. The molecule has 0 saturated carbocycles. The Morgan fingerprint density at radius 3 is 1.01 bits per heavy atom. The minimum atomic E-state index is -0.357. The Bertz CT molecular complexity index is 1110. The van der Waals surface area contributed by atoms with Crippen molar-refractivity contribution >= 4 is 0 Å². The Morgan fingerprint density at radius 1 is 0.353 bits per heavy atom. The molecule has 0 aliphatic rings. The second-order valence-corrected chi connectivity index (χ2v) is 20.3. The molecule has 0 fully saturated rings. The molecule has 3 unspecified atom stereocenters. The van der Waals surface area contributed by atoms with Gasteiger partial charge in [0.2, 0.25) is 0 Å². The van der Waals surface area contributed by atoms with E-state index >= 15 is 0 Å². The number of nitrogens with zero attached hydrogens (tertiary/aromatic N) is 2. The zero-order valence-electron chi connectivity index (χ0n) is 45.8. The van der Waals surface area contributed by atoms with Crippen molar-refractivity contribution in [2.24, 2.45) is 0 Å². The van der Waals surface area contributed by atoms with Crippen LogP contribution in [0.25, 0.3) is 0 Å². The van der Waals surface area contributed by atoms with Gasteiger partial charge in [-0.2, -0.15) is 0 Å². The van der Waals surface area contributed by atoms with Crippen LogP contribution in [-0.4, -0.2) is 96.3 Å². The third-order valence-corrected chi connectivity index (χ3v) is 13.3. The number of hydrogen-bond donors (Lipinski definition) is 4. The molecule has 0 spiro atoms. The van der Waals surface area contributed by atoms with Gasteiger partial charge in [-0.3, -0.25) is 4.90 Å². The highest BCUT2D eigenvalue weighted by Crippen LogP contribution is 2.14. The first-order chi connectivity index (χ1) is 33.4. The minimum absolute atomic E-state index is 0.282. The monoisotopic (exact) mass is 952 g/mol. The van der Waals surface area contributed by atoms with Crippen LogP contribution in [-0.2, 0) is 0 Å². The van der Waals surface area contributed by atoms with E-state index in [0.717, 1.165) is 84.0 Å². The molecule has 68 heavy (non-hydrogen) atoms. The van der Waals surface area contributed by atoms with Crippen LogP contribution >= 0.6 is 0 Å². The lowest BCUT2D eigenvalue weighted by Gasteiger charge is -2.29. The molecular formula is C62H117N3O3. The normalized spacial score (nSPS) is 14.1. The molecule has 0 heterocycles. The van der Waals surface area contributed by atoms with Gasteiger partial charge in [0.1, 0.15) is 0 Å². The molecule has 0 aromatic rings. The van der Waals surface area contributed by atoms with Crippen molar-refractivity contribution in [3.8, 4) is 0 Å². The number of likely N-dealkylation sites (N-methyl/N-ethyl adjacent to an activating group) is 1. The van der Waals surface area contributed by atoms with Crippen molar-refractivity contribution < 1.29 is 15.3 Å². The van der Waals surface area contributed by atoms with Crippen LogP contribution < -0.4 is 5.32 Å². The minimum Gasteiger partial charge on any atom is -0.392 e. The van der Waals surface area contributed by atoms with Gasteiger partial charge in [-0.05, 0) is 123 Å². The Labute approximate surface area is 424 Å². The highest BCUT2D eigenvalue weighted by molar-refractivity contribution is 4.94. The molecule has 0 rings (SSSR count). The molecule has 0 aliphatic carbocycles. The molecule has 0 saturated heterocycles. The first kappa shape index (κ1) is 66.2. The summed E-state index contributed by atoms with van der Waals surface area (Å²) in [6, 6.07) is 0. The molecule has 0 aromatic heterocycles. The van der Waals surface area contributed by atoms with Gasteiger partial charge < -0.3 is 25.5 Å². The number of nitrogens with one attached hydrogen (secondary N) is 1. The van der Waals surface area contributed by atoms with Gasteiger partial charge in [0.15, 0.2) is 0 Å². The van der Waals surface area contributed by atoms with Crippen LogP contribution in [0.5, 0.6) is 0 Å². The van der Waals surface area contributed by atoms with E-state index in [1.807, 2.05) is 0 Å². The molecule has 398 valence electrons. The topological polar surface area (TPSA) is 79.2 Å². The van der Waals surface area contributed by atoms with Gasteiger partial charge in [-0.1, -0.05) is 209 Å². The summed E-state index contributed by atoms with van der Waals surface area (Å²) in [5.74, 6) is 0.